The van der Waals surface area contributed by atoms with Crippen LogP contribution in [0.2, 0.25) is 0 Å². The molecule has 1 aliphatic heterocycles. The number of hydrazine groups is 1. The molecule has 1 saturated heterocycles. The largest absolute Gasteiger partial charge is 0.493 e. The van der Waals surface area contributed by atoms with Crippen molar-refractivity contribution in [3.05, 3.63) is 95.6 Å². The van der Waals surface area contributed by atoms with Crippen molar-refractivity contribution in [3.8, 4) is 11.5 Å². The van der Waals surface area contributed by atoms with Crippen molar-refractivity contribution in [1.29, 1.82) is 0 Å². The molecule has 1 aliphatic rings. The summed E-state index contributed by atoms with van der Waals surface area (Å²) < 4.78 is 11.5. The van der Waals surface area contributed by atoms with Crippen LogP contribution in [0.4, 0.5) is 5.69 Å². The Bertz CT molecular complexity index is 1120. The molecule has 0 unspecified atom stereocenters. The minimum absolute atomic E-state index is 0.0934. The second kappa shape index (κ2) is 9.83. The highest BCUT2D eigenvalue weighted by Crippen LogP contribution is 2.22. The van der Waals surface area contributed by atoms with E-state index in [0.717, 1.165) is 23.5 Å². The topological polar surface area (TPSA) is 67.9 Å². The van der Waals surface area contributed by atoms with Crippen LogP contribution in [0.25, 0.3) is 6.08 Å². The van der Waals surface area contributed by atoms with Crippen molar-refractivity contribution in [3.63, 3.8) is 0 Å². The van der Waals surface area contributed by atoms with Crippen molar-refractivity contribution in [2.45, 2.75) is 13.3 Å². The summed E-state index contributed by atoms with van der Waals surface area (Å²) in [7, 11) is 0. The molecule has 1 fully saturated rings. The van der Waals surface area contributed by atoms with Gasteiger partial charge in [0.05, 0.1) is 18.9 Å². The average molecular weight is 428 g/mol. The predicted molar refractivity (Wildman–Crippen MR) is 123 cm³/mol. The molecule has 1 heterocycles. The molecule has 6 nitrogen and oxygen atoms in total. The lowest BCUT2D eigenvalue weighted by Crippen LogP contribution is -2.35. The van der Waals surface area contributed by atoms with E-state index in [1.807, 2.05) is 73.7 Å². The van der Waals surface area contributed by atoms with Gasteiger partial charge in [0.2, 0.25) is 0 Å². The van der Waals surface area contributed by atoms with Gasteiger partial charge >= 0.3 is 0 Å². The molecule has 1 N–H and O–H groups in total. The molecule has 162 valence electrons. The van der Waals surface area contributed by atoms with Crippen molar-refractivity contribution in [2.75, 3.05) is 18.2 Å². The maximum atomic E-state index is 12.6. The number of carbonyl (C=O) groups excluding carboxylic acids is 2. The Morgan fingerprint density at radius 2 is 1.56 bits per heavy atom. The fraction of sp³-hybridized carbons (Fsp3) is 0.154. The summed E-state index contributed by atoms with van der Waals surface area (Å²) in [5, 5.41) is 1.25. The zero-order valence-electron chi connectivity index (χ0n) is 17.8. The van der Waals surface area contributed by atoms with Gasteiger partial charge < -0.3 is 9.47 Å². The number of para-hydroxylation sites is 1. The number of rotatable bonds is 8. The van der Waals surface area contributed by atoms with E-state index in [1.165, 1.54) is 10.6 Å². The predicted octanol–water partition coefficient (Wildman–Crippen LogP) is 4.30. The summed E-state index contributed by atoms with van der Waals surface area (Å²) in [4.78, 5) is 24.9. The molecule has 0 aromatic heterocycles. The number of amides is 2. The molecule has 2 amide bonds. The number of aryl methyl sites for hydroxylation is 1. The number of hydrogen-bond donors (Lipinski definition) is 1. The van der Waals surface area contributed by atoms with Gasteiger partial charge in [-0.25, -0.2) is 5.01 Å². The third-order valence-electron chi connectivity index (χ3n) is 4.91. The lowest BCUT2D eigenvalue weighted by atomic mass is 10.1. The molecule has 4 rings (SSSR count). The van der Waals surface area contributed by atoms with Gasteiger partial charge in [-0.2, -0.15) is 0 Å². The minimum Gasteiger partial charge on any atom is -0.493 e. The molecular formula is C26H24N2O4. The van der Waals surface area contributed by atoms with Gasteiger partial charge in [-0.3, -0.25) is 15.0 Å². The normalized spacial score (nSPS) is 14.5. The number of ether oxygens (including phenoxy) is 2. The highest BCUT2D eigenvalue weighted by atomic mass is 16.5. The van der Waals surface area contributed by atoms with Crippen LogP contribution in [0.3, 0.4) is 0 Å². The Hall–Kier alpha value is -4.06. The van der Waals surface area contributed by atoms with E-state index < -0.39 is 5.91 Å². The first-order valence-electron chi connectivity index (χ1n) is 10.4. The lowest BCUT2D eigenvalue weighted by molar-refractivity contribution is -0.117. The van der Waals surface area contributed by atoms with Crippen molar-refractivity contribution in [1.82, 2.24) is 5.43 Å². The van der Waals surface area contributed by atoms with Crippen molar-refractivity contribution in [2.24, 2.45) is 0 Å². The van der Waals surface area contributed by atoms with Gasteiger partial charge in [0.1, 0.15) is 17.1 Å². The smallest absolute Gasteiger partial charge is 0.282 e. The first-order chi connectivity index (χ1) is 15.6. The van der Waals surface area contributed by atoms with Crippen LogP contribution in [0.1, 0.15) is 17.5 Å². The number of carbonyl (C=O) groups is 2. The van der Waals surface area contributed by atoms with Crippen LogP contribution in [0.5, 0.6) is 11.5 Å². The maximum absolute atomic E-state index is 12.6. The monoisotopic (exact) mass is 428 g/mol. The van der Waals surface area contributed by atoms with Gasteiger partial charge in [0.25, 0.3) is 11.8 Å². The molecule has 32 heavy (non-hydrogen) atoms. The quantitative estimate of drug-likeness (QED) is 0.330. The van der Waals surface area contributed by atoms with Crippen LogP contribution in [0, 0.1) is 6.92 Å². The van der Waals surface area contributed by atoms with Crippen LogP contribution in [-0.4, -0.2) is 25.0 Å². The standard InChI is InChI=1S/C26H24N2O4/c1-19-7-5-10-23(17-19)32-16-6-15-31-22-13-11-20(12-14-22)18-24-25(29)27-28(26(24)30)21-8-3-2-4-9-21/h2-5,7-14,17-18H,6,15-16H2,1H3,(H,27,29)/b24-18-. The fourth-order valence-electron chi connectivity index (χ4n) is 3.29. The molecule has 0 radical (unpaired) electrons. The fourth-order valence-corrected chi connectivity index (χ4v) is 3.29. The number of nitrogens with zero attached hydrogens (tertiary/aromatic N) is 1. The van der Waals surface area contributed by atoms with Crippen LogP contribution >= 0.6 is 0 Å². The van der Waals surface area contributed by atoms with E-state index in [2.05, 4.69) is 5.43 Å². The Balaban J connectivity index is 1.29. The zero-order chi connectivity index (χ0) is 22.3. The maximum Gasteiger partial charge on any atom is 0.282 e. The summed E-state index contributed by atoms with van der Waals surface area (Å²) in [5.74, 6) is 0.775. The zero-order valence-corrected chi connectivity index (χ0v) is 17.8. The molecular weight excluding hydrogens is 404 g/mol. The van der Waals surface area contributed by atoms with E-state index in [1.54, 1.807) is 18.2 Å². The first kappa shape index (κ1) is 21.2. The van der Waals surface area contributed by atoms with Crippen LogP contribution < -0.4 is 19.9 Å². The summed E-state index contributed by atoms with van der Waals surface area (Å²) >= 11 is 0. The Labute approximate surface area is 187 Å². The molecule has 3 aromatic rings. The lowest BCUT2D eigenvalue weighted by Gasteiger charge is -2.13. The van der Waals surface area contributed by atoms with E-state index in [4.69, 9.17) is 9.47 Å². The van der Waals surface area contributed by atoms with Gasteiger partial charge in [-0.05, 0) is 60.5 Å². The third-order valence-corrected chi connectivity index (χ3v) is 4.91. The highest BCUT2D eigenvalue weighted by Gasteiger charge is 2.34. The molecule has 6 heteroatoms. The van der Waals surface area contributed by atoms with E-state index >= 15 is 0 Å². The molecule has 0 bridgehead atoms. The molecule has 3 aromatic carbocycles. The van der Waals surface area contributed by atoms with Crippen LogP contribution in [-0.2, 0) is 9.59 Å². The first-order valence-corrected chi connectivity index (χ1v) is 10.4. The van der Waals surface area contributed by atoms with Crippen molar-refractivity contribution >= 4 is 23.6 Å². The van der Waals surface area contributed by atoms with Gasteiger partial charge in [0, 0.05) is 6.42 Å². The summed E-state index contributed by atoms with van der Waals surface area (Å²) in [6.45, 7) is 3.13. The number of nitrogens with one attached hydrogen (secondary N) is 1. The minimum atomic E-state index is -0.423. The van der Waals surface area contributed by atoms with Crippen molar-refractivity contribution < 1.29 is 19.1 Å². The SMILES string of the molecule is Cc1cccc(OCCCOc2ccc(/C=C3/C(=O)NN(c4ccccc4)C3=O)cc2)c1. The average Bonchev–Trinajstić information content (AvgIpc) is 3.09. The third kappa shape index (κ3) is 5.16. The second-order valence-corrected chi connectivity index (χ2v) is 7.41. The number of anilines is 1. The number of benzene rings is 3. The van der Waals surface area contributed by atoms with Crippen LogP contribution in [0.15, 0.2) is 84.4 Å². The molecule has 0 aliphatic carbocycles. The van der Waals surface area contributed by atoms with Gasteiger partial charge in [-0.15, -0.1) is 0 Å². The van der Waals surface area contributed by atoms with E-state index in [-0.39, 0.29) is 11.5 Å². The van der Waals surface area contributed by atoms with Gasteiger partial charge in [-0.1, -0.05) is 42.5 Å². The molecule has 0 saturated carbocycles. The highest BCUT2D eigenvalue weighted by molar-refractivity contribution is 6.31. The van der Waals surface area contributed by atoms with E-state index in [0.29, 0.717) is 18.9 Å². The Morgan fingerprint density at radius 1 is 0.844 bits per heavy atom. The molecule has 0 atom stereocenters. The second-order valence-electron chi connectivity index (χ2n) is 7.41. The number of hydrogen-bond acceptors (Lipinski definition) is 4. The summed E-state index contributed by atoms with van der Waals surface area (Å²) in [6.07, 6.45) is 2.34. The Morgan fingerprint density at radius 3 is 2.28 bits per heavy atom. The summed E-state index contributed by atoms with van der Waals surface area (Å²) in [6, 6.07) is 24.2. The van der Waals surface area contributed by atoms with E-state index in [9.17, 15) is 9.59 Å². The molecule has 0 spiro atoms. The Kier molecular flexibility index (Phi) is 6.51. The van der Waals surface area contributed by atoms with Gasteiger partial charge in [0.15, 0.2) is 0 Å². The summed E-state index contributed by atoms with van der Waals surface area (Å²) in [5.41, 5.74) is 5.21.